The number of hydrogen-bond acceptors (Lipinski definition) is 3. The van der Waals surface area contributed by atoms with Gasteiger partial charge in [0.15, 0.2) is 0 Å². The molecule has 0 atom stereocenters. The summed E-state index contributed by atoms with van der Waals surface area (Å²) in [7, 11) is -4.86. The fourth-order valence-electron chi connectivity index (χ4n) is 2.79. The van der Waals surface area contributed by atoms with Gasteiger partial charge in [0.2, 0.25) is 0 Å². The zero-order chi connectivity index (χ0) is 21.9. The number of halogens is 3. The SMILES string of the molecule is CN(c1ccc(-c2ccccc2)cc1NC(=O)c1ccccc1)S(=O)(=O)C(F)(F)F. The van der Waals surface area contributed by atoms with E-state index in [4.69, 9.17) is 0 Å². The molecule has 0 aliphatic rings. The summed E-state index contributed by atoms with van der Waals surface area (Å²) >= 11 is 0. The van der Waals surface area contributed by atoms with Crippen LogP contribution in [0.2, 0.25) is 0 Å². The van der Waals surface area contributed by atoms with Crippen molar-refractivity contribution in [2.24, 2.45) is 0 Å². The first kappa shape index (κ1) is 21.4. The van der Waals surface area contributed by atoms with Crippen molar-refractivity contribution in [1.29, 1.82) is 0 Å². The second-order valence-corrected chi connectivity index (χ2v) is 8.30. The minimum absolute atomic E-state index is 0.0690. The van der Waals surface area contributed by atoms with Gasteiger partial charge >= 0.3 is 15.5 Å². The summed E-state index contributed by atoms with van der Waals surface area (Å²) < 4.78 is 63.1. The highest BCUT2D eigenvalue weighted by molar-refractivity contribution is 7.93. The van der Waals surface area contributed by atoms with Crippen molar-refractivity contribution < 1.29 is 26.4 Å². The van der Waals surface area contributed by atoms with Crippen LogP contribution >= 0.6 is 0 Å². The number of rotatable bonds is 5. The lowest BCUT2D eigenvalue weighted by molar-refractivity contribution is -0.0437. The first-order chi connectivity index (χ1) is 14.1. The van der Waals surface area contributed by atoms with Gasteiger partial charge in [0.25, 0.3) is 5.91 Å². The molecular weight excluding hydrogens is 417 g/mol. The van der Waals surface area contributed by atoms with E-state index in [0.29, 0.717) is 5.56 Å². The second kappa shape index (κ2) is 8.19. The van der Waals surface area contributed by atoms with Gasteiger partial charge in [-0.3, -0.25) is 9.10 Å². The Kier molecular flexibility index (Phi) is 5.84. The zero-order valence-corrected chi connectivity index (χ0v) is 16.5. The van der Waals surface area contributed by atoms with Crippen molar-refractivity contribution in [2.45, 2.75) is 5.51 Å². The zero-order valence-electron chi connectivity index (χ0n) is 15.7. The van der Waals surface area contributed by atoms with Gasteiger partial charge in [0.05, 0.1) is 11.4 Å². The third kappa shape index (κ3) is 4.30. The number of nitrogens with one attached hydrogen (secondary N) is 1. The molecule has 0 fully saturated rings. The molecule has 30 heavy (non-hydrogen) atoms. The molecule has 0 bridgehead atoms. The van der Waals surface area contributed by atoms with E-state index < -0.39 is 21.4 Å². The van der Waals surface area contributed by atoms with Crippen LogP contribution in [0.15, 0.2) is 78.9 Å². The molecular formula is C21H17F3N2O3S. The van der Waals surface area contributed by atoms with E-state index in [1.54, 1.807) is 48.5 Å². The van der Waals surface area contributed by atoms with Crippen LogP contribution in [-0.2, 0) is 10.0 Å². The molecule has 3 aromatic carbocycles. The largest absolute Gasteiger partial charge is 0.516 e. The molecule has 0 radical (unpaired) electrons. The number of alkyl halides is 3. The van der Waals surface area contributed by atoms with Gasteiger partial charge in [0.1, 0.15) is 0 Å². The number of carbonyl (C=O) groups is 1. The number of amides is 1. The van der Waals surface area contributed by atoms with E-state index in [1.165, 1.54) is 30.3 Å². The number of benzene rings is 3. The fraction of sp³-hybridized carbons (Fsp3) is 0.0952. The van der Waals surface area contributed by atoms with Crippen LogP contribution in [0.3, 0.4) is 0 Å². The molecule has 0 heterocycles. The first-order valence-electron chi connectivity index (χ1n) is 8.72. The average molecular weight is 434 g/mol. The van der Waals surface area contributed by atoms with Gasteiger partial charge in [-0.15, -0.1) is 0 Å². The van der Waals surface area contributed by atoms with Crippen LogP contribution < -0.4 is 9.62 Å². The van der Waals surface area contributed by atoms with Crippen LogP contribution in [0, 0.1) is 0 Å². The summed E-state index contributed by atoms with van der Waals surface area (Å²) in [5, 5.41) is 2.53. The van der Waals surface area contributed by atoms with Crippen LogP contribution in [0.4, 0.5) is 24.5 Å². The highest BCUT2D eigenvalue weighted by Crippen LogP contribution is 2.36. The molecule has 0 saturated carbocycles. The van der Waals surface area contributed by atoms with Gasteiger partial charge in [-0.1, -0.05) is 54.6 Å². The summed E-state index contributed by atoms with van der Waals surface area (Å²) in [6.07, 6.45) is 0. The van der Waals surface area contributed by atoms with Gasteiger partial charge in [-0.25, -0.2) is 0 Å². The Balaban J connectivity index is 2.09. The Hall–Kier alpha value is -3.33. The lowest BCUT2D eigenvalue weighted by Crippen LogP contribution is -2.38. The molecule has 0 unspecified atom stereocenters. The summed E-state index contributed by atoms with van der Waals surface area (Å²) in [5.74, 6) is -0.583. The number of hydrogen-bond donors (Lipinski definition) is 1. The van der Waals surface area contributed by atoms with Gasteiger partial charge < -0.3 is 5.32 Å². The smallest absolute Gasteiger partial charge is 0.320 e. The van der Waals surface area contributed by atoms with Crippen LogP contribution in [-0.4, -0.2) is 26.9 Å². The van der Waals surface area contributed by atoms with E-state index in [-0.39, 0.29) is 21.2 Å². The van der Waals surface area contributed by atoms with E-state index in [0.717, 1.165) is 12.6 Å². The molecule has 5 nitrogen and oxygen atoms in total. The minimum Gasteiger partial charge on any atom is -0.320 e. The first-order valence-corrected chi connectivity index (χ1v) is 10.2. The van der Waals surface area contributed by atoms with Crippen molar-refractivity contribution >= 4 is 27.3 Å². The molecule has 1 amide bonds. The maximum absolute atomic E-state index is 13.1. The fourth-order valence-corrected chi connectivity index (χ4v) is 3.52. The molecule has 3 rings (SSSR count). The standard InChI is InChI=1S/C21H17F3N2O3S/c1-26(30(28,29)21(22,23)24)19-13-12-17(15-8-4-2-5-9-15)14-18(19)25-20(27)16-10-6-3-7-11-16/h2-14H,1H3,(H,25,27). The van der Waals surface area contributed by atoms with Crippen molar-refractivity contribution in [3.63, 3.8) is 0 Å². The third-order valence-electron chi connectivity index (χ3n) is 4.38. The monoisotopic (exact) mass is 434 g/mol. The molecule has 9 heteroatoms. The van der Waals surface area contributed by atoms with Crippen molar-refractivity contribution in [1.82, 2.24) is 0 Å². The lowest BCUT2D eigenvalue weighted by Gasteiger charge is -2.24. The van der Waals surface area contributed by atoms with Crippen LogP contribution in [0.1, 0.15) is 10.4 Å². The van der Waals surface area contributed by atoms with E-state index in [1.807, 2.05) is 0 Å². The molecule has 0 aliphatic carbocycles. The Morgan fingerprint density at radius 1 is 0.867 bits per heavy atom. The molecule has 156 valence electrons. The summed E-state index contributed by atoms with van der Waals surface area (Å²) in [5.41, 5.74) is -4.24. The Labute approximate surface area is 171 Å². The maximum atomic E-state index is 13.1. The average Bonchev–Trinajstić information content (AvgIpc) is 2.73. The highest BCUT2D eigenvalue weighted by atomic mass is 32.2. The van der Waals surface area contributed by atoms with E-state index in [9.17, 15) is 26.4 Å². The van der Waals surface area contributed by atoms with Gasteiger partial charge in [-0.2, -0.15) is 21.6 Å². The quantitative estimate of drug-likeness (QED) is 0.622. The van der Waals surface area contributed by atoms with Crippen LogP contribution in [0.25, 0.3) is 11.1 Å². The van der Waals surface area contributed by atoms with Gasteiger partial charge in [-0.05, 0) is 35.4 Å². The summed E-state index contributed by atoms with van der Waals surface area (Å²) in [4.78, 5) is 12.6. The number of anilines is 2. The van der Waals surface area contributed by atoms with Crippen LogP contribution in [0.5, 0.6) is 0 Å². The molecule has 0 aliphatic heterocycles. The Morgan fingerprint density at radius 2 is 1.43 bits per heavy atom. The minimum atomic E-state index is -5.65. The highest BCUT2D eigenvalue weighted by Gasteiger charge is 2.49. The number of nitrogens with zero attached hydrogens (tertiary/aromatic N) is 1. The lowest BCUT2D eigenvalue weighted by atomic mass is 10.0. The molecule has 1 N–H and O–H groups in total. The molecule has 0 saturated heterocycles. The van der Waals surface area contributed by atoms with Crippen molar-refractivity contribution in [3.8, 4) is 11.1 Å². The Morgan fingerprint density at radius 3 is 2.00 bits per heavy atom. The topological polar surface area (TPSA) is 66.5 Å². The predicted octanol–water partition coefficient (Wildman–Crippen LogP) is 4.89. The molecule has 0 aromatic heterocycles. The third-order valence-corrected chi connectivity index (χ3v) is 5.88. The second-order valence-electron chi connectivity index (χ2n) is 6.34. The summed E-state index contributed by atoms with van der Waals surface area (Å²) in [6, 6.07) is 21.2. The van der Waals surface area contributed by atoms with E-state index >= 15 is 0 Å². The molecule has 3 aromatic rings. The van der Waals surface area contributed by atoms with Crippen molar-refractivity contribution in [2.75, 3.05) is 16.7 Å². The summed E-state index contributed by atoms with van der Waals surface area (Å²) in [6.45, 7) is 0. The van der Waals surface area contributed by atoms with Crippen molar-refractivity contribution in [3.05, 3.63) is 84.4 Å². The Bertz CT molecular complexity index is 1150. The predicted molar refractivity (Wildman–Crippen MR) is 110 cm³/mol. The normalized spacial score (nSPS) is 11.7. The van der Waals surface area contributed by atoms with E-state index in [2.05, 4.69) is 5.32 Å². The maximum Gasteiger partial charge on any atom is 0.516 e. The number of carbonyl (C=O) groups excluding carboxylic acids is 1. The van der Waals surface area contributed by atoms with Gasteiger partial charge in [0, 0.05) is 12.6 Å². The molecule has 0 spiro atoms. The number of sulfonamides is 1.